The second-order valence-electron chi connectivity index (χ2n) is 4.30. The van der Waals surface area contributed by atoms with Gasteiger partial charge < -0.3 is 5.32 Å². The maximum absolute atomic E-state index is 11.8. The molecule has 0 bridgehead atoms. The van der Waals surface area contributed by atoms with E-state index in [0.29, 0.717) is 12.5 Å². The fourth-order valence-corrected chi connectivity index (χ4v) is 1.46. The fraction of sp³-hybridized carbons (Fsp3) is 0.500. The summed E-state index contributed by atoms with van der Waals surface area (Å²) in [5.74, 6) is 0.218. The van der Waals surface area contributed by atoms with Crippen LogP contribution in [0.5, 0.6) is 0 Å². The molecule has 0 spiro atoms. The van der Waals surface area contributed by atoms with E-state index in [1.807, 2.05) is 31.2 Å². The summed E-state index contributed by atoms with van der Waals surface area (Å²) >= 11 is 0. The number of hydrogen-bond donors (Lipinski definition) is 1. The Balaban J connectivity index is 2.38. The largest absolute Gasteiger partial charge is 0.314 e. The summed E-state index contributed by atoms with van der Waals surface area (Å²) in [7, 11) is 0. The first-order valence-corrected chi connectivity index (χ1v) is 5.96. The Hall–Kier alpha value is -1.15. The van der Waals surface area contributed by atoms with Crippen LogP contribution in [-0.2, 0) is 0 Å². The molecule has 0 aliphatic carbocycles. The van der Waals surface area contributed by atoms with Gasteiger partial charge in [-0.15, -0.1) is 0 Å². The smallest absolute Gasteiger partial charge is 0.164 e. The van der Waals surface area contributed by atoms with Gasteiger partial charge in [0.05, 0.1) is 0 Å². The Morgan fingerprint density at radius 2 is 1.94 bits per heavy atom. The summed E-state index contributed by atoms with van der Waals surface area (Å²) in [5, 5.41) is 3.32. The molecule has 0 aliphatic rings. The number of aryl methyl sites for hydroxylation is 1. The normalized spacial score (nSPS) is 12.4. The first kappa shape index (κ1) is 12.9. The predicted molar refractivity (Wildman–Crippen MR) is 67.9 cm³/mol. The molecule has 0 saturated heterocycles. The lowest BCUT2D eigenvalue weighted by Crippen LogP contribution is -2.27. The van der Waals surface area contributed by atoms with E-state index in [2.05, 4.69) is 19.2 Å². The van der Waals surface area contributed by atoms with Crippen LogP contribution in [0.25, 0.3) is 0 Å². The monoisotopic (exact) mass is 219 g/mol. The SMILES string of the molecule is CCC(C)NCCC(=O)c1ccc(C)cc1. The Morgan fingerprint density at radius 1 is 1.31 bits per heavy atom. The van der Waals surface area contributed by atoms with E-state index < -0.39 is 0 Å². The molecular formula is C14H21NO. The number of rotatable bonds is 6. The first-order chi connectivity index (χ1) is 7.63. The predicted octanol–water partition coefficient (Wildman–Crippen LogP) is 2.96. The maximum Gasteiger partial charge on any atom is 0.164 e. The molecule has 0 heterocycles. The first-order valence-electron chi connectivity index (χ1n) is 5.96. The van der Waals surface area contributed by atoms with E-state index in [1.165, 1.54) is 5.56 Å². The highest BCUT2D eigenvalue weighted by atomic mass is 16.1. The molecule has 1 rings (SSSR count). The Morgan fingerprint density at radius 3 is 2.50 bits per heavy atom. The highest BCUT2D eigenvalue weighted by molar-refractivity contribution is 5.96. The number of carbonyl (C=O) groups excluding carboxylic acids is 1. The van der Waals surface area contributed by atoms with Gasteiger partial charge in [0.2, 0.25) is 0 Å². The minimum atomic E-state index is 0.218. The number of hydrogen-bond acceptors (Lipinski definition) is 2. The van der Waals surface area contributed by atoms with E-state index in [0.717, 1.165) is 18.5 Å². The van der Waals surface area contributed by atoms with Crippen molar-refractivity contribution in [3.8, 4) is 0 Å². The second kappa shape index (κ2) is 6.44. The van der Waals surface area contributed by atoms with Gasteiger partial charge in [-0.2, -0.15) is 0 Å². The summed E-state index contributed by atoms with van der Waals surface area (Å²) in [5.41, 5.74) is 2.01. The van der Waals surface area contributed by atoms with Crippen molar-refractivity contribution < 1.29 is 4.79 Å². The summed E-state index contributed by atoms with van der Waals surface area (Å²) in [4.78, 5) is 11.8. The van der Waals surface area contributed by atoms with Gasteiger partial charge in [0.15, 0.2) is 5.78 Å². The highest BCUT2D eigenvalue weighted by Gasteiger charge is 2.05. The van der Waals surface area contributed by atoms with Crippen molar-refractivity contribution in [1.29, 1.82) is 0 Å². The van der Waals surface area contributed by atoms with Crippen LogP contribution in [0.1, 0.15) is 42.6 Å². The van der Waals surface area contributed by atoms with Crippen LogP contribution in [0.3, 0.4) is 0 Å². The summed E-state index contributed by atoms with van der Waals surface area (Å²) in [6.07, 6.45) is 1.67. The Bertz CT molecular complexity index is 329. The zero-order chi connectivity index (χ0) is 12.0. The van der Waals surface area contributed by atoms with Crippen molar-refractivity contribution in [2.45, 2.75) is 39.7 Å². The van der Waals surface area contributed by atoms with E-state index in [-0.39, 0.29) is 5.78 Å². The second-order valence-corrected chi connectivity index (χ2v) is 4.30. The van der Waals surface area contributed by atoms with Gasteiger partial charge in [0.25, 0.3) is 0 Å². The molecule has 1 unspecified atom stereocenters. The maximum atomic E-state index is 11.8. The number of ketones is 1. The fourth-order valence-electron chi connectivity index (χ4n) is 1.46. The molecule has 0 saturated carbocycles. The minimum Gasteiger partial charge on any atom is -0.314 e. The van der Waals surface area contributed by atoms with Crippen LogP contribution in [0, 0.1) is 6.92 Å². The lowest BCUT2D eigenvalue weighted by atomic mass is 10.1. The van der Waals surface area contributed by atoms with Crippen molar-refractivity contribution >= 4 is 5.78 Å². The molecule has 2 nitrogen and oxygen atoms in total. The minimum absolute atomic E-state index is 0.218. The van der Waals surface area contributed by atoms with Crippen molar-refractivity contribution in [1.82, 2.24) is 5.32 Å². The van der Waals surface area contributed by atoms with Crippen molar-refractivity contribution in [2.24, 2.45) is 0 Å². The molecule has 2 heteroatoms. The van der Waals surface area contributed by atoms with Gasteiger partial charge in [-0.25, -0.2) is 0 Å². The summed E-state index contributed by atoms with van der Waals surface area (Å²) in [6, 6.07) is 8.26. The summed E-state index contributed by atoms with van der Waals surface area (Å²) in [6.45, 7) is 7.07. The zero-order valence-corrected chi connectivity index (χ0v) is 10.4. The van der Waals surface area contributed by atoms with Gasteiger partial charge in [-0.05, 0) is 20.3 Å². The molecule has 0 amide bonds. The standard InChI is InChI=1S/C14H21NO/c1-4-12(3)15-10-9-14(16)13-7-5-11(2)6-8-13/h5-8,12,15H,4,9-10H2,1-3H3. The van der Waals surface area contributed by atoms with E-state index in [9.17, 15) is 4.79 Å². The molecule has 0 fully saturated rings. The molecule has 88 valence electrons. The quantitative estimate of drug-likeness (QED) is 0.745. The molecule has 0 aliphatic heterocycles. The molecule has 16 heavy (non-hydrogen) atoms. The van der Waals surface area contributed by atoms with E-state index >= 15 is 0 Å². The van der Waals surface area contributed by atoms with Crippen LogP contribution >= 0.6 is 0 Å². The number of benzene rings is 1. The molecule has 0 radical (unpaired) electrons. The third-order valence-electron chi connectivity index (χ3n) is 2.83. The van der Waals surface area contributed by atoms with Crippen LogP contribution in [0.2, 0.25) is 0 Å². The lowest BCUT2D eigenvalue weighted by molar-refractivity contribution is 0.0982. The average Bonchev–Trinajstić information content (AvgIpc) is 2.29. The molecular weight excluding hydrogens is 198 g/mol. The average molecular weight is 219 g/mol. The number of Topliss-reactive ketones (excluding diaryl/α,β-unsaturated/α-hetero) is 1. The molecule has 1 N–H and O–H groups in total. The highest BCUT2D eigenvalue weighted by Crippen LogP contribution is 2.05. The van der Waals surface area contributed by atoms with Crippen LogP contribution < -0.4 is 5.32 Å². The van der Waals surface area contributed by atoms with Gasteiger partial charge >= 0.3 is 0 Å². The number of nitrogens with one attached hydrogen (secondary N) is 1. The van der Waals surface area contributed by atoms with E-state index in [4.69, 9.17) is 0 Å². The third kappa shape index (κ3) is 4.15. The Labute approximate surface area is 98.1 Å². The van der Waals surface area contributed by atoms with Gasteiger partial charge in [0, 0.05) is 24.6 Å². The van der Waals surface area contributed by atoms with Crippen molar-refractivity contribution in [2.75, 3.05) is 6.54 Å². The van der Waals surface area contributed by atoms with Crippen LogP contribution in [0.4, 0.5) is 0 Å². The molecule has 0 aromatic heterocycles. The Kier molecular flexibility index (Phi) is 5.20. The van der Waals surface area contributed by atoms with Gasteiger partial charge in [-0.1, -0.05) is 36.8 Å². The van der Waals surface area contributed by atoms with Gasteiger partial charge in [-0.3, -0.25) is 4.79 Å². The number of carbonyl (C=O) groups is 1. The summed E-state index contributed by atoms with van der Waals surface area (Å²) < 4.78 is 0. The van der Waals surface area contributed by atoms with Gasteiger partial charge in [0.1, 0.15) is 0 Å². The molecule has 1 atom stereocenters. The molecule has 1 aromatic carbocycles. The lowest BCUT2D eigenvalue weighted by Gasteiger charge is -2.10. The van der Waals surface area contributed by atoms with Crippen LogP contribution in [-0.4, -0.2) is 18.4 Å². The van der Waals surface area contributed by atoms with Crippen molar-refractivity contribution in [3.05, 3.63) is 35.4 Å². The van der Waals surface area contributed by atoms with Crippen molar-refractivity contribution in [3.63, 3.8) is 0 Å². The zero-order valence-electron chi connectivity index (χ0n) is 10.4. The van der Waals surface area contributed by atoms with Crippen LogP contribution in [0.15, 0.2) is 24.3 Å². The molecule has 1 aromatic rings. The topological polar surface area (TPSA) is 29.1 Å². The van der Waals surface area contributed by atoms with E-state index in [1.54, 1.807) is 0 Å². The third-order valence-corrected chi connectivity index (χ3v) is 2.83.